The molecule has 0 spiro atoms. The van der Waals surface area contributed by atoms with Crippen LogP contribution in [0.3, 0.4) is 0 Å². The second-order valence-corrected chi connectivity index (χ2v) is 8.26. The van der Waals surface area contributed by atoms with Gasteiger partial charge in [-0.05, 0) is 31.4 Å². The fourth-order valence-corrected chi connectivity index (χ4v) is 4.62. The van der Waals surface area contributed by atoms with E-state index in [2.05, 4.69) is 0 Å². The molecule has 1 saturated heterocycles. The summed E-state index contributed by atoms with van der Waals surface area (Å²) < 4.78 is 28.4. The van der Waals surface area contributed by atoms with Gasteiger partial charge in [0.15, 0.2) is 16.4 Å². The first-order valence-electron chi connectivity index (χ1n) is 7.70. The summed E-state index contributed by atoms with van der Waals surface area (Å²) in [5, 5.41) is 0. The minimum atomic E-state index is -3.06. The lowest BCUT2D eigenvalue weighted by Gasteiger charge is -2.28. The summed E-state index contributed by atoms with van der Waals surface area (Å²) in [6, 6.07) is 8.28. The van der Waals surface area contributed by atoms with E-state index in [9.17, 15) is 18.0 Å². The van der Waals surface area contributed by atoms with Crippen LogP contribution in [-0.4, -0.2) is 55.4 Å². The van der Waals surface area contributed by atoms with E-state index in [0.29, 0.717) is 12.0 Å². The van der Waals surface area contributed by atoms with Gasteiger partial charge in [0.25, 0.3) is 5.91 Å². The molecular weight excluding hydrogens is 318 g/mol. The van der Waals surface area contributed by atoms with Crippen LogP contribution in [0, 0.1) is 0 Å². The summed E-state index contributed by atoms with van der Waals surface area (Å²) in [7, 11) is -3.06. The first-order chi connectivity index (χ1) is 11.0. The van der Waals surface area contributed by atoms with Crippen molar-refractivity contribution in [3.8, 4) is 0 Å². The second-order valence-electron chi connectivity index (χ2n) is 6.03. The van der Waals surface area contributed by atoms with Crippen molar-refractivity contribution in [1.29, 1.82) is 0 Å². The van der Waals surface area contributed by atoms with Gasteiger partial charge >= 0.3 is 5.97 Å². The maximum absolute atomic E-state index is 12.4. The van der Waals surface area contributed by atoms with E-state index in [-0.39, 0.29) is 36.1 Å². The Morgan fingerprint density at radius 1 is 1.09 bits per heavy atom. The number of amides is 1. The standard InChI is InChI=1S/C16H19NO5S/c18-15(10-22-16(19)12-4-2-1-3-5-12)17(13-6-7-13)14-8-9-23(20,21)11-14/h1-5,13-14H,6-11H2/t14-/m1/s1. The van der Waals surface area contributed by atoms with Gasteiger partial charge in [-0.1, -0.05) is 18.2 Å². The minimum absolute atomic E-state index is 0.0157. The molecule has 6 nitrogen and oxygen atoms in total. The highest BCUT2D eigenvalue weighted by Crippen LogP contribution is 2.32. The lowest BCUT2D eigenvalue weighted by Crippen LogP contribution is -2.44. The molecule has 1 heterocycles. The van der Waals surface area contributed by atoms with Crippen LogP contribution in [0.2, 0.25) is 0 Å². The van der Waals surface area contributed by atoms with Crippen molar-refractivity contribution in [3.05, 3.63) is 35.9 Å². The Labute approximate surface area is 135 Å². The van der Waals surface area contributed by atoms with Crippen LogP contribution >= 0.6 is 0 Å². The zero-order valence-corrected chi connectivity index (χ0v) is 13.5. The molecule has 23 heavy (non-hydrogen) atoms. The molecule has 2 aliphatic rings. The highest BCUT2D eigenvalue weighted by Gasteiger charge is 2.42. The number of nitrogens with zero attached hydrogens (tertiary/aromatic N) is 1. The minimum Gasteiger partial charge on any atom is -0.452 e. The predicted molar refractivity (Wildman–Crippen MR) is 83.7 cm³/mol. The van der Waals surface area contributed by atoms with Gasteiger partial charge in [0.05, 0.1) is 17.1 Å². The van der Waals surface area contributed by atoms with Crippen LogP contribution < -0.4 is 0 Å². The van der Waals surface area contributed by atoms with Crippen molar-refractivity contribution in [2.24, 2.45) is 0 Å². The molecule has 1 aliphatic heterocycles. The normalized spacial score (nSPS) is 22.5. The van der Waals surface area contributed by atoms with Gasteiger partial charge in [-0.2, -0.15) is 0 Å². The summed E-state index contributed by atoms with van der Waals surface area (Å²) in [5.41, 5.74) is 0.390. The van der Waals surface area contributed by atoms with Gasteiger partial charge in [-0.15, -0.1) is 0 Å². The summed E-state index contributed by atoms with van der Waals surface area (Å²) in [6.07, 6.45) is 2.24. The molecule has 1 aliphatic carbocycles. The van der Waals surface area contributed by atoms with Gasteiger partial charge in [0, 0.05) is 12.1 Å². The fraction of sp³-hybridized carbons (Fsp3) is 0.500. The molecule has 1 atom stereocenters. The van der Waals surface area contributed by atoms with E-state index in [4.69, 9.17) is 4.74 Å². The van der Waals surface area contributed by atoms with Crippen LogP contribution in [0.4, 0.5) is 0 Å². The predicted octanol–water partition coefficient (Wildman–Crippen LogP) is 1.02. The zero-order valence-electron chi connectivity index (χ0n) is 12.7. The molecule has 7 heteroatoms. The SMILES string of the molecule is O=C(OCC(=O)N(C1CC1)[C@@H]1CCS(=O)(=O)C1)c1ccccc1. The van der Waals surface area contributed by atoms with Gasteiger partial charge in [0.2, 0.25) is 0 Å². The van der Waals surface area contributed by atoms with Gasteiger partial charge in [-0.3, -0.25) is 4.79 Å². The maximum atomic E-state index is 12.4. The zero-order chi connectivity index (χ0) is 16.4. The van der Waals surface area contributed by atoms with Crippen LogP contribution in [0.5, 0.6) is 0 Å². The van der Waals surface area contributed by atoms with Crippen molar-refractivity contribution in [3.63, 3.8) is 0 Å². The Hall–Kier alpha value is -1.89. The Morgan fingerprint density at radius 2 is 1.78 bits per heavy atom. The number of ether oxygens (including phenoxy) is 1. The molecule has 1 aromatic rings. The number of carbonyl (C=O) groups is 2. The second kappa shape index (κ2) is 6.31. The van der Waals surface area contributed by atoms with Crippen LogP contribution in [-0.2, 0) is 19.4 Å². The van der Waals surface area contributed by atoms with E-state index >= 15 is 0 Å². The van der Waals surface area contributed by atoms with E-state index < -0.39 is 15.8 Å². The third-order valence-electron chi connectivity index (χ3n) is 4.17. The van der Waals surface area contributed by atoms with Gasteiger partial charge in [-0.25, -0.2) is 13.2 Å². The van der Waals surface area contributed by atoms with Crippen LogP contribution in [0.25, 0.3) is 0 Å². The van der Waals surface area contributed by atoms with Crippen molar-refractivity contribution >= 4 is 21.7 Å². The summed E-state index contributed by atoms with van der Waals surface area (Å²) in [6.45, 7) is -0.346. The molecule has 0 unspecified atom stereocenters. The first-order valence-corrected chi connectivity index (χ1v) is 9.52. The number of esters is 1. The smallest absolute Gasteiger partial charge is 0.338 e. The largest absolute Gasteiger partial charge is 0.452 e. The summed E-state index contributed by atoms with van der Waals surface area (Å²) in [5.74, 6) is -0.715. The molecule has 1 aromatic carbocycles. The summed E-state index contributed by atoms with van der Waals surface area (Å²) >= 11 is 0. The number of sulfone groups is 1. The Kier molecular flexibility index (Phi) is 4.39. The van der Waals surface area contributed by atoms with Gasteiger partial charge < -0.3 is 9.64 Å². The van der Waals surface area contributed by atoms with Crippen molar-refractivity contribution in [1.82, 2.24) is 4.90 Å². The number of benzene rings is 1. The topological polar surface area (TPSA) is 80.8 Å². The lowest BCUT2D eigenvalue weighted by atomic mass is 10.2. The lowest BCUT2D eigenvalue weighted by molar-refractivity contribution is -0.137. The van der Waals surface area contributed by atoms with Crippen LogP contribution in [0.15, 0.2) is 30.3 Å². The van der Waals surface area contributed by atoms with E-state index in [1.807, 2.05) is 0 Å². The molecule has 2 fully saturated rings. The highest BCUT2D eigenvalue weighted by molar-refractivity contribution is 7.91. The van der Waals surface area contributed by atoms with E-state index in [0.717, 1.165) is 12.8 Å². The Morgan fingerprint density at radius 3 is 2.35 bits per heavy atom. The third kappa shape index (κ3) is 3.90. The average Bonchev–Trinajstić information content (AvgIpc) is 3.29. The Balaban J connectivity index is 1.60. The number of hydrogen-bond donors (Lipinski definition) is 0. The molecule has 0 radical (unpaired) electrons. The molecule has 0 N–H and O–H groups in total. The van der Waals surface area contributed by atoms with E-state index in [1.165, 1.54) is 0 Å². The van der Waals surface area contributed by atoms with Crippen molar-refractivity contribution < 1.29 is 22.7 Å². The molecule has 1 amide bonds. The first kappa shape index (κ1) is 16.0. The van der Waals surface area contributed by atoms with Crippen molar-refractivity contribution in [2.75, 3.05) is 18.1 Å². The third-order valence-corrected chi connectivity index (χ3v) is 5.92. The summed E-state index contributed by atoms with van der Waals surface area (Å²) in [4.78, 5) is 25.9. The monoisotopic (exact) mass is 337 g/mol. The number of hydrogen-bond acceptors (Lipinski definition) is 5. The maximum Gasteiger partial charge on any atom is 0.338 e. The number of carbonyl (C=O) groups excluding carboxylic acids is 2. The molecule has 0 aromatic heterocycles. The molecule has 3 rings (SSSR count). The molecule has 1 saturated carbocycles. The highest BCUT2D eigenvalue weighted by atomic mass is 32.2. The molecule has 124 valence electrons. The fourth-order valence-electron chi connectivity index (χ4n) is 2.91. The average molecular weight is 337 g/mol. The molecular formula is C16H19NO5S. The van der Waals surface area contributed by atoms with E-state index in [1.54, 1.807) is 35.2 Å². The Bertz CT molecular complexity index is 696. The number of rotatable bonds is 5. The van der Waals surface area contributed by atoms with Crippen LogP contribution in [0.1, 0.15) is 29.6 Å². The van der Waals surface area contributed by atoms with Crippen molar-refractivity contribution in [2.45, 2.75) is 31.3 Å². The quantitative estimate of drug-likeness (QED) is 0.750. The molecule has 0 bridgehead atoms. The van der Waals surface area contributed by atoms with Gasteiger partial charge in [0.1, 0.15) is 0 Å².